The number of aryl methyl sites for hydroxylation is 1. The van der Waals surface area contributed by atoms with Crippen molar-refractivity contribution in [1.29, 1.82) is 0 Å². The molecular weight excluding hydrogens is 432 g/mol. The fraction of sp³-hybridized carbons (Fsp3) is 0.115. The molecule has 6 nitrogen and oxygen atoms in total. The molecule has 7 heteroatoms. The lowest BCUT2D eigenvalue weighted by molar-refractivity contribution is 0.416. The Morgan fingerprint density at radius 2 is 1.67 bits per heavy atom. The van der Waals surface area contributed by atoms with Gasteiger partial charge in [-0.15, -0.1) is 10.2 Å². The van der Waals surface area contributed by atoms with Crippen molar-refractivity contribution in [1.82, 2.24) is 19.7 Å². The van der Waals surface area contributed by atoms with Crippen molar-refractivity contribution in [3.05, 3.63) is 96.5 Å². The number of benzene rings is 3. The van der Waals surface area contributed by atoms with Gasteiger partial charge >= 0.3 is 0 Å². The quantitative estimate of drug-likeness (QED) is 0.273. The van der Waals surface area contributed by atoms with Crippen LogP contribution in [0.4, 0.5) is 0 Å². The Balaban J connectivity index is 1.48. The van der Waals surface area contributed by atoms with Crippen LogP contribution in [0.5, 0.6) is 5.75 Å². The minimum Gasteiger partial charge on any atom is -0.496 e. The Morgan fingerprint density at radius 1 is 0.909 bits per heavy atom. The number of thioether (sulfide) groups is 1. The van der Waals surface area contributed by atoms with E-state index in [0.717, 1.165) is 39.3 Å². The fourth-order valence-electron chi connectivity index (χ4n) is 3.53. The van der Waals surface area contributed by atoms with Gasteiger partial charge in [0.15, 0.2) is 16.7 Å². The van der Waals surface area contributed by atoms with Crippen molar-refractivity contribution in [3.8, 4) is 34.1 Å². The molecule has 2 heterocycles. The Bertz CT molecular complexity index is 1360. The summed E-state index contributed by atoms with van der Waals surface area (Å²) in [4.78, 5) is 4.45. The fourth-order valence-corrected chi connectivity index (χ4v) is 4.34. The average molecular weight is 455 g/mol. The number of ether oxygens (including phenoxy) is 1. The van der Waals surface area contributed by atoms with Gasteiger partial charge in [-0.1, -0.05) is 71.9 Å². The first-order valence-corrected chi connectivity index (χ1v) is 11.5. The molecule has 0 aliphatic carbocycles. The van der Waals surface area contributed by atoms with E-state index in [9.17, 15) is 0 Å². The van der Waals surface area contributed by atoms with Crippen molar-refractivity contribution in [2.45, 2.75) is 17.8 Å². The Morgan fingerprint density at radius 3 is 2.45 bits per heavy atom. The second kappa shape index (κ2) is 9.34. The zero-order valence-corrected chi connectivity index (χ0v) is 19.1. The minimum absolute atomic E-state index is 0.531. The van der Waals surface area contributed by atoms with Crippen LogP contribution < -0.4 is 4.74 Å². The van der Waals surface area contributed by atoms with Gasteiger partial charge in [-0.25, -0.2) is 4.98 Å². The van der Waals surface area contributed by atoms with E-state index in [2.05, 4.69) is 46.4 Å². The van der Waals surface area contributed by atoms with Gasteiger partial charge in [0, 0.05) is 11.3 Å². The van der Waals surface area contributed by atoms with Crippen LogP contribution in [0.15, 0.2) is 94.6 Å². The molecule has 2 aromatic heterocycles. The monoisotopic (exact) mass is 454 g/mol. The van der Waals surface area contributed by atoms with Gasteiger partial charge in [0.1, 0.15) is 5.75 Å². The van der Waals surface area contributed by atoms with Crippen LogP contribution in [0.25, 0.3) is 28.4 Å². The van der Waals surface area contributed by atoms with E-state index in [1.807, 2.05) is 59.2 Å². The molecule has 0 fully saturated rings. The van der Waals surface area contributed by atoms with E-state index in [1.165, 1.54) is 17.3 Å². The van der Waals surface area contributed by atoms with E-state index in [4.69, 9.17) is 9.15 Å². The van der Waals surface area contributed by atoms with Crippen LogP contribution in [0, 0.1) is 6.92 Å². The summed E-state index contributed by atoms with van der Waals surface area (Å²) in [5.74, 6) is 3.38. The predicted molar refractivity (Wildman–Crippen MR) is 130 cm³/mol. The summed E-state index contributed by atoms with van der Waals surface area (Å²) < 4.78 is 13.6. The molecule has 0 radical (unpaired) electrons. The van der Waals surface area contributed by atoms with Crippen LogP contribution in [-0.2, 0) is 5.75 Å². The molecule has 0 atom stereocenters. The molecule has 0 spiro atoms. The van der Waals surface area contributed by atoms with Gasteiger partial charge in [0.25, 0.3) is 0 Å². The summed E-state index contributed by atoms with van der Waals surface area (Å²) >= 11 is 1.53. The highest BCUT2D eigenvalue weighted by Crippen LogP contribution is 2.34. The molecule has 0 amide bonds. The van der Waals surface area contributed by atoms with Crippen molar-refractivity contribution in [2.24, 2.45) is 0 Å². The summed E-state index contributed by atoms with van der Waals surface area (Å²) in [6.07, 6.45) is 1.76. The highest BCUT2D eigenvalue weighted by Gasteiger charge is 2.19. The standard InChI is InChI=1S/C26H22N4O2S/c1-18-12-14-20(15-13-18)30-25(21-10-6-7-11-22(21)31-2)28-29-26(30)33-17-24-27-16-23(32-24)19-8-4-3-5-9-19/h3-16H,17H2,1-2H3. The summed E-state index contributed by atoms with van der Waals surface area (Å²) in [7, 11) is 1.66. The Hall–Kier alpha value is -3.84. The number of para-hydroxylation sites is 1. The lowest BCUT2D eigenvalue weighted by Crippen LogP contribution is -2.01. The van der Waals surface area contributed by atoms with Gasteiger partial charge in [-0.2, -0.15) is 0 Å². The number of hydrogen-bond acceptors (Lipinski definition) is 6. The van der Waals surface area contributed by atoms with E-state index < -0.39 is 0 Å². The normalized spacial score (nSPS) is 11.0. The number of aromatic nitrogens is 4. The maximum atomic E-state index is 5.97. The van der Waals surface area contributed by atoms with Crippen molar-refractivity contribution in [2.75, 3.05) is 7.11 Å². The van der Waals surface area contributed by atoms with Crippen LogP contribution in [0.1, 0.15) is 11.5 Å². The highest BCUT2D eigenvalue weighted by molar-refractivity contribution is 7.98. The molecular formula is C26H22N4O2S. The van der Waals surface area contributed by atoms with Gasteiger partial charge in [-0.05, 0) is 31.2 Å². The number of hydrogen-bond donors (Lipinski definition) is 0. The lowest BCUT2D eigenvalue weighted by atomic mass is 10.1. The average Bonchev–Trinajstić information content (AvgIpc) is 3.51. The molecule has 0 unspecified atom stereocenters. The van der Waals surface area contributed by atoms with Gasteiger partial charge in [0.2, 0.25) is 5.89 Å². The summed E-state index contributed by atoms with van der Waals surface area (Å²) in [6.45, 7) is 2.07. The number of oxazole rings is 1. The molecule has 5 rings (SSSR count). The van der Waals surface area contributed by atoms with Crippen LogP contribution in [0.2, 0.25) is 0 Å². The molecule has 0 saturated heterocycles. The maximum Gasteiger partial charge on any atom is 0.205 e. The third-order valence-corrected chi connectivity index (χ3v) is 6.12. The zero-order chi connectivity index (χ0) is 22.6. The third-order valence-electron chi connectivity index (χ3n) is 5.21. The van der Waals surface area contributed by atoms with Gasteiger partial charge in [0.05, 0.1) is 24.6 Å². The van der Waals surface area contributed by atoms with Crippen LogP contribution in [-0.4, -0.2) is 26.9 Å². The summed E-state index contributed by atoms with van der Waals surface area (Å²) in [5, 5.41) is 9.77. The molecule has 5 aromatic rings. The zero-order valence-electron chi connectivity index (χ0n) is 18.3. The molecule has 164 valence electrons. The molecule has 33 heavy (non-hydrogen) atoms. The first-order chi connectivity index (χ1) is 16.2. The smallest absolute Gasteiger partial charge is 0.205 e. The van der Waals surface area contributed by atoms with E-state index >= 15 is 0 Å². The van der Waals surface area contributed by atoms with E-state index in [0.29, 0.717) is 11.6 Å². The number of methoxy groups -OCH3 is 1. The van der Waals surface area contributed by atoms with E-state index in [-0.39, 0.29) is 0 Å². The van der Waals surface area contributed by atoms with E-state index in [1.54, 1.807) is 13.3 Å². The van der Waals surface area contributed by atoms with Crippen molar-refractivity contribution in [3.63, 3.8) is 0 Å². The van der Waals surface area contributed by atoms with Crippen molar-refractivity contribution >= 4 is 11.8 Å². The van der Waals surface area contributed by atoms with Gasteiger partial charge < -0.3 is 9.15 Å². The Labute approximate surface area is 196 Å². The van der Waals surface area contributed by atoms with Crippen molar-refractivity contribution < 1.29 is 9.15 Å². The third kappa shape index (κ3) is 4.40. The lowest BCUT2D eigenvalue weighted by Gasteiger charge is -2.12. The summed E-state index contributed by atoms with van der Waals surface area (Å²) in [5.41, 5.74) is 4.05. The Kier molecular flexibility index (Phi) is 5.95. The number of nitrogens with zero attached hydrogens (tertiary/aromatic N) is 4. The second-order valence-corrected chi connectivity index (χ2v) is 8.39. The number of rotatable bonds is 7. The molecule has 0 bridgehead atoms. The first kappa shape index (κ1) is 21.0. The minimum atomic E-state index is 0.531. The SMILES string of the molecule is COc1ccccc1-c1nnc(SCc2ncc(-c3ccccc3)o2)n1-c1ccc(C)cc1. The predicted octanol–water partition coefficient (Wildman–Crippen LogP) is 6.20. The molecule has 0 aliphatic heterocycles. The molecule has 3 aromatic carbocycles. The second-order valence-electron chi connectivity index (χ2n) is 7.45. The molecule has 0 aliphatic rings. The highest BCUT2D eigenvalue weighted by atomic mass is 32.2. The largest absolute Gasteiger partial charge is 0.496 e. The van der Waals surface area contributed by atoms with Gasteiger partial charge in [-0.3, -0.25) is 4.57 Å². The maximum absolute atomic E-state index is 5.97. The van der Waals surface area contributed by atoms with Crippen LogP contribution in [0.3, 0.4) is 0 Å². The molecule has 0 saturated carbocycles. The topological polar surface area (TPSA) is 66.0 Å². The van der Waals surface area contributed by atoms with Crippen LogP contribution >= 0.6 is 11.8 Å². The first-order valence-electron chi connectivity index (χ1n) is 10.5. The summed E-state index contributed by atoms with van der Waals surface area (Å²) in [6, 6.07) is 26.1. The molecule has 0 N–H and O–H groups in total.